The van der Waals surface area contributed by atoms with Crippen molar-refractivity contribution < 1.29 is 14.7 Å². The fourth-order valence-electron chi connectivity index (χ4n) is 3.92. The lowest BCUT2D eigenvalue weighted by atomic mass is 9.85. The summed E-state index contributed by atoms with van der Waals surface area (Å²) in [4.78, 5) is 22.7. The van der Waals surface area contributed by atoms with Gasteiger partial charge in [-0.1, -0.05) is 0 Å². The van der Waals surface area contributed by atoms with Gasteiger partial charge in [0.15, 0.2) is 0 Å². The molecule has 0 heterocycles. The third-order valence-corrected chi connectivity index (χ3v) is 4.97. The van der Waals surface area contributed by atoms with Gasteiger partial charge in [-0.05, 0) is 55.4 Å². The highest BCUT2D eigenvalue weighted by Gasteiger charge is 2.47. The second-order valence-corrected chi connectivity index (χ2v) is 6.02. The van der Waals surface area contributed by atoms with Crippen LogP contribution in [0, 0.1) is 17.8 Å². The second kappa shape index (κ2) is 5.85. The number of carbonyl (C=O) groups excluding carboxylic acids is 2. The number of aliphatic hydroxyl groups excluding tert-OH is 1. The highest BCUT2D eigenvalue weighted by Crippen LogP contribution is 2.48. The zero-order chi connectivity index (χ0) is 14.8. The van der Waals surface area contributed by atoms with E-state index in [1.54, 1.807) is 24.3 Å². The number of hydrogen-bond donors (Lipinski definition) is 3. The van der Waals surface area contributed by atoms with Gasteiger partial charge < -0.3 is 15.7 Å². The van der Waals surface area contributed by atoms with Crippen molar-refractivity contribution in [3.63, 3.8) is 0 Å². The number of nitrogens with one attached hydrogen (secondary N) is 2. The van der Waals surface area contributed by atoms with Gasteiger partial charge in [0, 0.05) is 29.8 Å². The molecule has 4 unspecified atom stereocenters. The van der Waals surface area contributed by atoms with E-state index < -0.39 is 0 Å². The molecule has 4 atom stereocenters. The van der Waals surface area contributed by atoms with Gasteiger partial charge in [0.05, 0.1) is 0 Å². The van der Waals surface area contributed by atoms with Crippen LogP contribution in [0.5, 0.6) is 0 Å². The summed E-state index contributed by atoms with van der Waals surface area (Å²) in [5, 5.41) is 15.2. The van der Waals surface area contributed by atoms with E-state index in [0.29, 0.717) is 29.5 Å². The van der Waals surface area contributed by atoms with E-state index in [1.165, 1.54) is 6.42 Å². The number of fused-ring (bicyclic) bond motifs is 2. The number of rotatable bonds is 5. The fourth-order valence-corrected chi connectivity index (χ4v) is 3.92. The van der Waals surface area contributed by atoms with E-state index in [4.69, 9.17) is 0 Å². The Labute approximate surface area is 123 Å². The lowest BCUT2D eigenvalue weighted by Gasteiger charge is -2.30. The lowest BCUT2D eigenvalue weighted by molar-refractivity contribution is -0.105. The SMILES string of the molecule is O=CNc1ccc(C(=O)NC2C3CCC(C3)C2CO)cc1. The van der Waals surface area contributed by atoms with E-state index in [9.17, 15) is 14.7 Å². The first-order valence-corrected chi connectivity index (χ1v) is 7.45. The summed E-state index contributed by atoms with van der Waals surface area (Å²) in [7, 11) is 0. The van der Waals surface area contributed by atoms with Crippen molar-refractivity contribution in [2.75, 3.05) is 11.9 Å². The van der Waals surface area contributed by atoms with Gasteiger partial charge in [0.25, 0.3) is 5.91 Å². The van der Waals surface area contributed by atoms with E-state index >= 15 is 0 Å². The molecule has 5 heteroatoms. The summed E-state index contributed by atoms with van der Waals surface area (Å²) in [6.07, 6.45) is 4.05. The van der Waals surface area contributed by atoms with E-state index in [0.717, 1.165) is 12.8 Å². The monoisotopic (exact) mass is 288 g/mol. The van der Waals surface area contributed by atoms with Gasteiger partial charge in [-0.25, -0.2) is 0 Å². The predicted octanol–water partition coefficient (Wildman–Crippen LogP) is 1.39. The summed E-state index contributed by atoms with van der Waals surface area (Å²) in [6, 6.07) is 6.89. The zero-order valence-electron chi connectivity index (χ0n) is 11.8. The molecule has 112 valence electrons. The largest absolute Gasteiger partial charge is 0.396 e. The number of hydrogen-bond acceptors (Lipinski definition) is 3. The molecule has 0 spiro atoms. The van der Waals surface area contributed by atoms with E-state index in [2.05, 4.69) is 10.6 Å². The van der Waals surface area contributed by atoms with Crippen LogP contribution in [0.1, 0.15) is 29.6 Å². The van der Waals surface area contributed by atoms with Crippen LogP contribution in [0.15, 0.2) is 24.3 Å². The van der Waals surface area contributed by atoms with E-state index in [-0.39, 0.29) is 24.5 Å². The van der Waals surface area contributed by atoms with Crippen molar-refractivity contribution >= 4 is 18.0 Å². The molecule has 2 aliphatic rings. The molecule has 2 aliphatic carbocycles. The Kier molecular flexibility index (Phi) is 3.92. The van der Waals surface area contributed by atoms with Gasteiger partial charge in [0.2, 0.25) is 6.41 Å². The summed E-state index contributed by atoms with van der Waals surface area (Å²) >= 11 is 0. The maximum Gasteiger partial charge on any atom is 0.251 e. The average molecular weight is 288 g/mol. The first-order valence-electron chi connectivity index (χ1n) is 7.45. The highest BCUT2D eigenvalue weighted by atomic mass is 16.3. The normalized spacial score (nSPS) is 30.1. The van der Waals surface area contributed by atoms with Crippen LogP contribution in [0.3, 0.4) is 0 Å². The standard InChI is InChI=1S/C16H20N2O3/c19-8-14-11-1-2-12(7-11)15(14)18-16(21)10-3-5-13(6-4-10)17-9-20/h3-6,9,11-12,14-15,19H,1-2,7-8H2,(H,17,20)(H,18,21). The first-order chi connectivity index (χ1) is 10.2. The molecular formula is C16H20N2O3. The number of benzene rings is 1. The molecule has 0 saturated heterocycles. The molecule has 2 saturated carbocycles. The molecular weight excluding hydrogens is 268 g/mol. The van der Waals surface area contributed by atoms with Gasteiger partial charge in [-0.3, -0.25) is 9.59 Å². The number of anilines is 1. The Morgan fingerprint density at radius 3 is 2.62 bits per heavy atom. The molecule has 2 fully saturated rings. The molecule has 21 heavy (non-hydrogen) atoms. The van der Waals surface area contributed by atoms with Gasteiger partial charge in [-0.2, -0.15) is 0 Å². The van der Waals surface area contributed by atoms with Gasteiger partial charge in [0.1, 0.15) is 0 Å². The summed E-state index contributed by atoms with van der Waals surface area (Å²) < 4.78 is 0. The smallest absolute Gasteiger partial charge is 0.251 e. The molecule has 2 amide bonds. The quantitative estimate of drug-likeness (QED) is 0.716. The molecule has 0 aliphatic heterocycles. The van der Waals surface area contributed by atoms with Gasteiger partial charge in [-0.15, -0.1) is 0 Å². The maximum absolute atomic E-state index is 12.3. The van der Waals surface area contributed by atoms with Crippen LogP contribution < -0.4 is 10.6 Å². The highest BCUT2D eigenvalue weighted by molar-refractivity contribution is 5.95. The van der Waals surface area contributed by atoms with Crippen molar-refractivity contribution in [2.24, 2.45) is 17.8 Å². The number of aliphatic hydroxyl groups is 1. The Morgan fingerprint density at radius 1 is 1.24 bits per heavy atom. The molecule has 1 aromatic rings. The molecule has 0 aromatic heterocycles. The molecule has 2 bridgehead atoms. The number of carbonyl (C=O) groups is 2. The van der Waals surface area contributed by atoms with Crippen molar-refractivity contribution in [2.45, 2.75) is 25.3 Å². The van der Waals surface area contributed by atoms with Crippen molar-refractivity contribution in [3.05, 3.63) is 29.8 Å². The Hall–Kier alpha value is -1.88. The maximum atomic E-state index is 12.3. The second-order valence-electron chi connectivity index (χ2n) is 6.02. The zero-order valence-corrected chi connectivity index (χ0v) is 11.8. The van der Waals surface area contributed by atoms with Crippen molar-refractivity contribution in [1.82, 2.24) is 5.32 Å². The predicted molar refractivity (Wildman–Crippen MR) is 78.8 cm³/mol. The van der Waals surface area contributed by atoms with Crippen LogP contribution in [0.25, 0.3) is 0 Å². The summed E-state index contributed by atoms with van der Waals surface area (Å²) in [5.74, 6) is 1.16. The van der Waals surface area contributed by atoms with E-state index in [1.807, 2.05) is 0 Å². The molecule has 3 N–H and O–H groups in total. The average Bonchev–Trinajstić information content (AvgIpc) is 3.09. The lowest BCUT2D eigenvalue weighted by Crippen LogP contribution is -2.45. The first kappa shape index (κ1) is 14.1. The minimum absolute atomic E-state index is 0.0917. The van der Waals surface area contributed by atoms with Crippen LogP contribution in [0.2, 0.25) is 0 Å². The Morgan fingerprint density at radius 2 is 1.95 bits per heavy atom. The summed E-state index contributed by atoms with van der Waals surface area (Å²) in [5.41, 5.74) is 1.24. The number of amides is 2. The Balaban J connectivity index is 1.67. The minimum atomic E-state index is -0.108. The van der Waals surface area contributed by atoms with Crippen LogP contribution in [-0.2, 0) is 4.79 Å². The minimum Gasteiger partial charge on any atom is -0.396 e. The molecule has 5 nitrogen and oxygen atoms in total. The third kappa shape index (κ3) is 2.65. The Bertz CT molecular complexity index is 529. The molecule has 0 radical (unpaired) electrons. The topological polar surface area (TPSA) is 78.4 Å². The van der Waals surface area contributed by atoms with Crippen LogP contribution in [0.4, 0.5) is 5.69 Å². The van der Waals surface area contributed by atoms with Crippen LogP contribution in [-0.4, -0.2) is 30.1 Å². The molecule has 3 rings (SSSR count). The molecule has 1 aromatic carbocycles. The third-order valence-electron chi connectivity index (χ3n) is 4.97. The van der Waals surface area contributed by atoms with Gasteiger partial charge >= 0.3 is 0 Å². The van der Waals surface area contributed by atoms with Crippen molar-refractivity contribution in [1.29, 1.82) is 0 Å². The fraction of sp³-hybridized carbons (Fsp3) is 0.500. The van der Waals surface area contributed by atoms with Crippen LogP contribution >= 0.6 is 0 Å². The van der Waals surface area contributed by atoms with Crippen molar-refractivity contribution in [3.8, 4) is 0 Å². The summed E-state index contributed by atoms with van der Waals surface area (Å²) in [6.45, 7) is 0.147.